The lowest BCUT2D eigenvalue weighted by molar-refractivity contribution is 0.158. The fourth-order valence-electron chi connectivity index (χ4n) is 1.47. The monoisotopic (exact) mass is 217 g/mol. The van der Waals surface area contributed by atoms with Crippen molar-refractivity contribution in [2.45, 2.75) is 26.1 Å². The number of alkyl halides is 1. The van der Waals surface area contributed by atoms with Gasteiger partial charge in [-0.25, -0.2) is 9.87 Å². The van der Waals surface area contributed by atoms with E-state index in [0.717, 1.165) is 0 Å². The zero-order valence-corrected chi connectivity index (χ0v) is 8.90. The molecule has 0 amide bonds. The highest BCUT2D eigenvalue weighted by Gasteiger charge is 2.24. The summed E-state index contributed by atoms with van der Waals surface area (Å²) in [5.41, 5.74) is 1.57. The largest absolute Gasteiger partial charge is 0.316 e. The van der Waals surface area contributed by atoms with Gasteiger partial charge >= 0.3 is 0 Å². The van der Waals surface area contributed by atoms with E-state index >= 15 is 0 Å². The normalized spacial score (nSPS) is 11.8. The van der Waals surface area contributed by atoms with E-state index in [2.05, 4.69) is 0 Å². The van der Waals surface area contributed by atoms with Crippen LogP contribution in [-0.2, 0) is 12.2 Å². The molecule has 0 fully saturated rings. The highest BCUT2D eigenvalue weighted by Crippen LogP contribution is 2.33. The Balaban J connectivity index is 3.22. The SMILES string of the molecule is CC(C)(F)c1c(Cl)cccc1CNO. The molecular weight excluding hydrogens is 205 g/mol. The summed E-state index contributed by atoms with van der Waals surface area (Å²) in [5, 5.41) is 8.97. The molecule has 2 nitrogen and oxygen atoms in total. The zero-order chi connectivity index (χ0) is 10.8. The van der Waals surface area contributed by atoms with Gasteiger partial charge in [-0.3, -0.25) is 0 Å². The van der Waals surface area contributed by atoms with Gasteiger partial charge in [-0.2, -0.15) is 0 Å². The molecule has 0 saturated carbocycles. The maximum absolute atomic E-state index is 13.8. The minimum atomic E-state index is -1.51. The molecule has 0 atom stereocenters. The van der Waals surface area contributed by atoms with Crippen molar-refractivity contribution in [2.24, 2.45) is 0 Å². The molecule has 4 heteroatoms. The van der Waals surface area contributed by atoms with Crippen molar-refractivity contribution in [3.8, 4) is 0 Å². The number of hydrogen-bond acceptors (Lipinski definition) is 2. The van der Waals surface area contributed by atoms with Gasteiger partial charge in [0.1, 0.15) is 5.67 Å². The Labute approximate surface area is 87.7 Å². The first-order valence-corrected chi connectivity index (χ1v) is 4.68. The maximum Gasteiger partial charge on any atom is 0.132 e. The van der Waals surface area contributed by atoms with Crippen LogP contribution in [0.5, 0.6) is 0 Å². The van der Waals surface area contributed by atoms with Gasteiger partial charge in [0, 0.05) is 17.1 Å². The molecule has 0 heterocycles. The van der Waals surface area contributed by atoms with Gasteiger partial charge in [-0.05, 0) is 25.5 Å². The van der Waals surface area contributed by atoms with E-state index in [-0.39, 0.29) is 6.54 Å². The first-order chi connectivity index (χ1) is 6.46. The van der Waals surface area contributed by atoms with Crippen molar-refractivity contribution in [1.29, 1.82) is 0 Å². The Morgan fingerprint density at radius 3 is 2.64 bits per heavy atom. The molecule has 0 bridgehead atoms. The van der Waals surface area contributed by atoms with Crippen molar-refractivity contribution in [1.82, 2.24) is 5.48 Å². The number of hydroxylamine groups is 1. The van der Waals surface area contributed by atoms with Crippen LogP contribution in [0.3, 0.4) is 0 Å². The predicted octanol–water partition coefficient (Wildman–Crippen LogP) is 3.02. The number of nitrogens with one attached hydrogen (secondary N) is 1. The molecule has 14 heavy (non-hydrogen) atoms. The lowest BCUT2D eigenvalue weighted by Crippen LogP contribution is -2.17. The van der Waals surface area contributed by atoms with Crippen LogP contribution in [0, 0.1) is 0 Å². The smallest absolute Gasteiger partial charge is 0.132 e. The molecule has 0 radical (unpaired) electrons. The van der Waals surface area contributed by atoms with Crippen LogP contribution in [0.2, 0.25) is 5.02 Å². The van der Waals surface area contributed by atoms with Crippen molar-refractivity contribution in [3.05, 3.63) is 34.3 Å². The quantitative estimate of drug-likeness (QED) is 0.763. The number of rotatable bonds is 3. The van der Waals surface area contributed by atoms with E-state index in [4.69, 9.17) is 16.8 Å². The Morgan fingerprint density at radius 1 is 1.50 bits per heavy atom. The fraction of sp³-hybridized carbons (Fsp3) is 0.400. The molecule has 0 aliphatic rings. The van der Waals surface area contributed by atoms with Crippen LogP contribution >= 0.6 is 11.6 Å². The van der Waals surface area contributed by atoms with Crippen LogP contribution < -0.4 is 5.48 Å². The molecule has 2 N–H and O–H groups in total. The molecule has 1 aromatic rings. The lowest BCUT2D eigenvalue weighted by atomic mass is 9.94. The van der Waals surface area contributed by atoms with E-state index in [9.17, 15) is 4.39 Å². The van der Waals surface area contributed by atoms with Gasteiger partial charge in [-0.15, -0.1) is 0 Å². The minimum Gasteiger partial charge on any atom is -0.316 e. The van der Waals surface area contributed by atoms with Gasteiger partial charge in [0.15, 0.2) is 0 Å². The molecule has 78 valence electrons. The number of halogens is 2. The van der Waals surface area contributed by atoms with Crippen molar-refractivity contribution >= 4 is 11.6 Å². The third kappa shape index (κ3) is 2.44. The molecular formula is C10H13ClFNO. The maximum atomic E-state index is 13.8. The summed E-state index contributed by atoms with van der Waals surface area (Å²) in [6, 6.07) is 5.09. The molecule has 0 spiro atoms. The van der Waals surface area contributed by atoms with Gasteiger partial charge in [0.25, 0.3) is 0 Å². The molecule has 0 aliphatic heterocycles. The second-order valence-electron chi connectivity index (χ2n) is 3.58. The average Bonchev–Trinajstić information content (AvgIpc) is 2.02. The topological polar surface area (TPSA) is 32.3 Å². The van der Waals surface area contributed by atoms with Crippen LogP contribution in [0.15, 0.2) is 18.2 Å². The van der Waals surface area contributed by atoms with Crippen LogP contribution in [-0.4, -0.2) is 5.21 Å². The first-order valence-electron chi connectivity index (χ1n) is 4.30. The van der Waals surface area contributed by atoms with Gasteiger partial charge in [0.2, 0.25) is 0 Å². The second kappa shape index (κ2) is 4.26. The minimum absolute atomic E-state index is 0.184. The van der Waals surface area contributed by atoms with Crippen molar-refractivity contribution in [3.63, 3.8) is 0 Å². The highest BCUT2D eigenvalue weighted by molar-refractivity contribution is 6.31. The summed E-state index contributed by atoms with van der Waals surface area (Å²) >= 11 is 5.90. The molecule has 1 aromatic carbocycles. The van der Waals surface area contributed by atoms with Crippen LogP contribution in [0.25, 0.3) is 0 Å². The fourth-order valence-corrected chi connectivity index (χ4v) is 1.89. The standard InChI is InChI=1S/C10H13ClFNO/c1-10(2,12)9-7(6-13-14)4-3-5-8(9)11/h3-5,13-14H,6H2,1-2H3. The Hall–Kier alpha value is -0.640. The summed E-state index contributed by atoms with van der Waals surface area (Å²) in [6.07, 6.45) is 0. The van der Waals surface area contributed by atoms with E-state index in [1.54, 1.807) is 18.2 Å². The number of hydrogen-bond donors (Lipinski definition) is 2. The Morgan fingerprint density at radius 2 is 2.14 bits per heavy atom. The summed E-state index contributed by atoms with van der Waals surface area (Å²) in [5.74, 6) is 0. The van der Waals surface area contributed by atoms with E-state index in [1.165, 1.54) is 13.8 Å². The molecule has 0 aliphatic carbocycles. The molecule has 0 saturated heterocycles. The molecule has 0 aromatic heterocycles. The lowest BCUT2D eigenvalue weighted by Gasteiger charge is -2.20. The summed E-state index contributed by atoms with van der Waals surface area (Å²) < 4.78 is 13.8. The summed E-state index contributed by atoms with van der Waals surface area (Å²) in [7, 11) is 0. The van der Waals surface area contributed by atoms with E-state index < -0.39 is 5.67 Å². The summed E-state index contributed by atoms with van der Waals surface area (Å²) in [6.45, 7) is 3.06. The molecule has 0 unspecified atom stereocenters. The Kier molecular flexibility index (Phi) is 3.48. The molecule has 1 rings (SSSR count). The zero-order valence-electron chi connectivity index (χ0n) is 8.14. The van der Waals surface area contributed by atoms with E-state index in [1.807, 2.05) is 5.48 Å². The third-order valence-corrected chi connectivity index (χ3v) is 2.28. The summed E-state index contributed by atoms with van der Waals surface area (Å²) in [4.78, 5) is 0. The van der Waals surface area contributed by atoms with Gasteiger partial charge < -0.3 is 5.21 Å². The second-order valence-corrected chi connectivity index (χ2v) is 3.99. The average molecular weight is 218 g/mol. The third-order valence-electron chi connectivity index (χ3n) is 1.96. The first kappa shape index (κ1) is 11.4. The number of benzene rings is 1. The van der Waals surface area contributed by atoms with Gasteiger partial charge in [0.05, 0.1) is 0 Å². The van der Waals surface area contributed by atoms with E-state index in [0.29, 0.717) is 16.1 Å². The van der Waals surface area contributed by atoms with Crippen molar-refractivity contribution < 1.29 is 9.60 Å². The van der Waals surface area contributed by atoms with Crippen LogP contribution in [0.4, 0.5) is 4.39 Å². The van der Waals surface area contributed by atoms with Gasteiger partial charge in [-0.1, -0.05) is 23.7 Å². The highest BCUT2D eigenvalue weighted by atomic mass is 35.5. The van der Waals surface area contributed by atoms with Crippen molar-refractivity contribution in [2.75, 3.05) is 0 Å². The predicted molar refractivity (Wildman–Crippen MR) is 54.2 cm³/mol. The Bertz CT molecular complexity index is 322. The van der Waals surface area contributed by atoms with Crippen LogP contribution in [0.1, 0.15) is 25.0 Å².